The topological polar surface area (TPSA) is 102 Å². The first kappa shape index (κ1) is 14.4. The first-order valence-corrected chi connectivity index (χ1v) is 5.50. The van der Waals surface area contributed by atoms with Crippen molar-refractivity contribution in [2.45, 2.75) is 12.8 Å². The average Bonchev–Trinajstić information content (AvgIpc) is 2.35. The largest absolute Gasteiger partial charge is 0.481 e. The molecule has 0 aliphatic carbocycles. The molecule has 7 heteroatoms. The van der Waals surface area contributed by atoms with Crippen LogP contribution < -0.4 is 10.6 Å². The van der Waals surface area contributed by atoms with Crippen molar-refractivity contribution < 1.29 is 19.1 Å². The van der Waals surface area contributed by atoms with E-state index in [9.17, 15) is 14.0 Å². The summed E-state index contributed by atoms with van der Waals surface area (Å²) in [5, 5.41) is 21.9. The number of anilines is 1. The molecule has 1 aromatic rings. The van der Waals surface area contributed by atoms with E-state index in [-0.39, 0.29) is 30.6 Å². The van der Waals surface area contributed by atoms with Gasteiger partial charge in [0.2, 0.25) is 0 Å². The first-order chi connectivity index (χ1) is 9.04. The number of rotatable bonds is 5. The number of nitriles is 1. The molecule has 0 bridgehead atoms. The van der Waals surface area contributed by atoms with Gasteiger partial charge in [-0.3, -0.25) is 4.79 Å². The third-order valence-electron chi connectivity index (χ3n) is 2.23. The lowest BCUT2D eigenvalue weighted by molar-refractivity contribution is -0.137. The van der Waals surface area contributed by atoms with E-state index in [1.54, 1.807) is 6.07 Å². The molecule has 0 aliphatic rings. The maximum absolute atomic E-state index is 13.2. The van der Waals surface area contributed by atoms with Gasteiger partial charge in [-0.15, -0.1) is 0 Å². The number of hydrogen-bond donors (Lipinski definition) is 3. The predicted molar refractivity (Wildman–Crippen MR) is 65.0 cm³/mol. The van der Waals surface area contributed by atoms with Crippen LogP contribution in [0.3, 0.4) is 0 Å². The van der Waals surface area contributed by atoms with Crippen molar-refractivity contribution in [2.75, 3.05) is 11.9 Å². The van der Waals surface area contributed by atoms with E-state index in [1.807, 2.05) is 0 Å². The molecule has 1 rings (SSSR count). The van der Waals surface area contributed by atoms with Gasteiger partial charge in [0, 0.05) is 13.0 Å². The summed E-state index contributed by atoms with van der Waals surface area (Å²) in [5.41, 5.74) is -0.179. The van der Waals surface area contributed by atoms with Crippen LogP contribution in [0.25, 0.3) is 0 Å². The minimum absolute atomic E-state index is 0.0519. The van der Waals surface area contributed by atoms with E-state index < -0.39 is 17.8 Å². The molecule has 100 valence electrons. The predicted octanol–water partition coefficient (Wildman–Crippen LogP) is 1.68. The third kappa shape index (κ3) is 4.63. The van der Waals surface area contributed by atoms with Gasteiger partial charge in [0.15, 0.2) is 0 Å². The summed E-state index contributed by atoms with van der Waals surface area (Å²) in [4.78, 5) is 21.7. The molecule has 0 radical (unpaired) electrons. The Morgan fingerprint density at radius 1 is 1.42 bits per heavy atom. The number of benzene rings is 1. The minimum Gasteiger partial charge on any atom is -0.481 e. The van der Waals surface area contributed by atoms with Crippen LogP contribution >= 0.6 is 0 Å². The lowest BCUT2D eigenvalue weighted by Gasteiger charge is -2.08. The summed E-state index contributed by atoms with van der Waals surface area (Å²) in [6, 6.07) is 4.93. The minimum atomic E-state index is -0.945. The van der Waals surface area contributed by atoms with Crippen LogP contribution in [0, 0.1) is 17.1 Å². The molecule has 19 heavy (non-hydrogen) atoms. The Morgan fingerprint density at radius 2 is 2.16 bits per heavy atom. The number of carbonyl (C=O) groups is 2. The van der Waals surface area contributed by atoms with Gasteiger partial charge in [-0.1, -0.05) is 6.07 Å². The molecule has 0 fully saturated rings. The molecule has 0 unspecified atom stereocenters. The fourth-order valence-corrected chi connectivity index (χ4v) is 1.35. The number of hydrogen-bond acceptors (Lipinski definition) is 3. The van der Waals surface area contributed by atoms with E-state index in [2.05, 4.69) is 10.6 Å². The van der Waals surface area contributed by atoms with Gasteiger partial charge in [0.25, 0.3) is 0 Å². The van der Waals surface area contributed by atoms with Crippen molar-refractivity contribution in [3.05, 3.63) is 29.6 Å². The SMILES string of the molecule is N#Cc1c(F)cccc1NC(=O)NCCCC(=O)O. The van der Waals surface area contributed by atoms with Crippen LogP contribution in [0.1, 0.15) is 18.4 Å². The fraction of sp³-hybridized carbons (Fsp3) is 0.250. The Balaban J connectivity index is 2.51. The van der Waals surface area contributed by atoms with Gasteiger partial charge in [0.05, 0.1) is 5.69 Å². The zero-order chi connectivity index (χ0) is 14.3. The van der Waals surface area contributed by atoms with E-state index in [4.69, 9.17) is 10.4 Å². The number of carbonyl (C=O) groups excluding carboxylic acids is 1. The summed E-state index contributed by atoms with van der Waals surface area (Å²) in [7, 11) is 0. The summed E-state index contributed by atoms with van der Waals surface area (Å²) in [6.45, 7) is 0.176. The zero-order valence-corrected chi connectivity index (χ0v) is 9.94. The summed E-state index contributed by atoms with van der Waals surface area (Å²) in [6.07, 6.45) is 0.237. The number of halogens is 1. The molecule has 6 nitrogen and oxygen atoms in total. The Bertz CT molecular complexity index is 525. The number of carboxylic acid groups (broad SMARTS) is 1. The Morgan fingerprint density at radius 3 is 2.79 bits per heavy atom. The lowest BCUT2D eigenvalue weighted by atomic mass is 10.2. The highest BCUT2D eigenvalue weighted by Gasteiger charge is 2.10. The van der Waals surface area contributed by atoms with Crippen LogP contribution in [-0.2, 0) is 4.79 Å². The molecule has 0 saturated carbocycles. The lowest BCUT2D eigenvalue weighted by Crippen LogP contribution is -2.30. The Labute approximate surface area is 108 Å². The Hall–Kier alpha value is -2.62. The molecule has 0 atom stereocenters. The number of nitrogens with one attached hydrogen (secondary N) is 2. The molecule has 0 aromatic heterocycles. The van der Waals surface area contributed by atoms with E-state index >= 15 is 0 Å². The molecule has 0 aliphatic heterocycles. The van der Waals surface area contributed by atoms with Gasteiger partial charge in [-0.2, -0.15) is 5.26 Å². The van der Waals surface area contributed by atoms with Crippen LogP contribution in [0.2, 0.25) is 0 Å². The molecule has 1 aromatic carbocycles. The van der Waals surface area contributed by atoms with Crippen molar-refractivity contribution in [1.82, 2.24) is 5.32 Å². The second-order valence-corrected chi connectivity index (χ2v) is 3.65. The summed E-state index contributed by atoms with van der Waals surface area (Å²) < 4.78 is 13.2. The van der Waals surface area contributed by atoms with Crippen LogP contribution in [-0.4, -0.2) is 23.7 Å². The number of urea groups is 1. The second-order valence-electron chi connectivity index (χ2n) is 3.65. The van der Waals surface area contributed by atoms with Gasteiger partial charge >= 0.3 is 12.0 Å². The molecular weight excluding hydrogens is 253 g/mol. The summed E-state index contributed by atoms with van der Waals surface area (Å²) in [5.74, 6) is -1.66. The van der Waals surface area contributed by atoms with Crippen LogP contribution in [0.5, 0.6) is 0 Å². The molecular formula is C12H12FN3O3. The maximum Gasteiger partial charge on any atom is 0.319 e. The number of aliphatic carboxylic acids is 1. The highest BCUT2D eigenvalue weighted by Crippen LogP contribution is 2.17. The van der Waals surface area contributed by atoms with Crippen molar-refractivity contribution >= 4 is 17.7 Å². The van der Waals surface area contributed by atoms with Crippen molar-refractivity contribution in [2.24, 2.45) is 0 Å². The molecule has 3 N–H and O–H groups in total. The molecule has 2 amide bonds. The quantitative estimate of drug-likeness (QED) is 0.705. The molecule has 0 saturated heterocycles. The zero-order valence-electron chi connectivity index (χ0n) is 9.94. The number of nitrogens with zero attached hydrogens (tertiary/aromatic N) is 1. The second kappa shape index (κ2) is 6.96. The van der Waals surface area contributed by atoms with Gasteiger partial charge in [0.1, 0.15) is 17.4 Å². The van der Waals surface area contributed by atoms with E-state index in [0.29, 0.717) is 0 Å². The fourth-order valence-electron chi connectivity index (χ4n) is 1.35. The normalized spacial score (nSPS) is 9.47. The van der Waals surface area contributed by atoms with Crippen molar-refractivity contribution in [1.29, 1.82) is 5.26 Å². The van der Waals surface area contributed by atoms with Gasteiger partial charge in [-0.05, 0) is 18.6 Å². The van der Waals surface area contributed by atoms with E-state index in [0.717, 1.165) is 6.07 Å². The highest BCUT2D eigenvalue weighted by molar-refractivity contribution is 5.90. The standard InChI is InChI=1S/C12H12FN3O3/c13-9-3-1-4-10(8(9)7-14)16-12(19)15-6-2-5-11(17)18/h1,3-4H,2,5-6H2,(H,17,18)(H2,15,16,19). The first-order valence-electron chi connectivity index (χ1n) is 5.50. The molecule has 0 heterocycles. The van der Waals surface area contributed by atoms with Crippen LogP contribution in [0.15, 0.2) is 18.2 Å². The van der Waals surface area contributed by atoms with E-state index in [1.165, 1.54) is 12.1 Å². The van der Waals surface area contributed by atoms with Crippen molar-refractivity contribution in [3.8, 4) is 6.07 Å². The number of amides is 2. The Kier molecular flexibility index (Phi) is 5.29. The summed E-state index contributed by atoms with van der Waals surface area (Å²) >= 11 is 0. The maximum atomic E-state index is 13.2. The monoisotopic (exact) mass is 265 g/mol. The average molecular weight is 265 g/mol. The van der Waals surface area contributed by atoms with Gasteiger partial charge in [-0.25, -0.2) is 9.18 Å². The van der Waals surface area contributed by atoms with Crippen molar-refractivity contribution in [3.63, 3.8) is 0 Å². The van der Waals surface area contributed by atoms with Gasteiger partial charge < -0.3 is 15.7 Å². The smallest absolute Gasteiger partial charge is 0.319 e. The highest BCUT2D eigenvalue weighted by atomic mass is 19.1. The number of carboxylic acids is 1. The van der Waals surface area contributed by atoms with Crippen LogP contribution in [0.4, 0.5) is 14.9 Å². The third-order valence-corrected chi connectivity index (χ3v) is 2.23. The molecule has 0 spiro atoms.